The van der Waals surface area contributed by atoms with Crippen molar-refractivity contribution in [2.75, 3.05) is 6.54 Å². The zero-order valence-electron chi connectivity index (χ0n) is 16.6. The number of halogens is 1. The highest BCUT2D eigenvalue weighted by Gasteiger charge is 2.28. The molecule has 2 aliphatic rings. The first-order chi connectivity index (χ1) is 13.8. The van der Waals surface area contributed by atoms with Crippen LogP contribution in [0.25, 0.3) is 16.7 Å². The number of fused-ring (bicyclic) bond motifs is 2. The number of nitrogens with two attached hydrogens (primary N) is 1. The van der Waals surface area contributed by atoms with Crippen molar-refractivity contribution in [2.45, 2.75) is 33.2 Å². The second-order valence-corrected chi connectivity index (χ2v) is 7.78. The fraction of sp³-hybridized carbons (Fsp3) is 0.250. The largest absolute Gasteiger partial charge is 0.366 e. The quantitative estimate of drug-likeness (QED) is 0.805. The Morgan fingerprint density at radius 3 is 2.62 bits per heavy atom. The summed E-state index contributed by atoms with van der Waals surface area (Å²) in [5.74, 6) is -1.13. The molecule has 1 aliphatic heterocycles. The molecule has 2 amide bonds. The van der Waals surface area contributed by atoms with Crippen LogP contribution >= 0.6 is 0 Å². The third-order valence-corrected chi connectivity index (χ3v) is 6.10. The molecule has 0 atom stereocenters. The Morgan fingerprint density at radius 2 is 1.93 bits per heavy atom. The Hall–Kier alpha value is -3.21. The van der Waals surface area contributed by atoms with Gasteiger partial charge in [0.2, 0.25) is 11.8 Å². The van der Waals surface area contributed by atoms with Crippen molar-refractivity contribution in [3.63, 3.8) is 0 Å². The smallest absolute Gasteiger partial charge is 0.249 e. The third kappa shape index (κ3) is 3.07. The van der Waals surface area contributed by atoms with Gasteiger partial charge >= 0.3 is 0 Å². The molecule has 0 spiro atoms. The fourth-order valence-electron chi connectivity index (χ4n) is 4.43. The predicted molar refractivity (Wildman–Crippen MR) is 112 cm³/mol. The van der Waals surface area contributed by atoms with Gasteiger partial charge in [0.05, 0.1) is 0 Å². The van der Waals surface area contributed by atoms with Crippen LogP contribution in [0, 0.1) is 5.82 Å². The van der Waals surface area contributed by atoms with E-state index in [0.29, 0.717) is 31.5 Å². The molecule has 29 heavy (non-hydrogen) atoms. The van der Waals surface area contributed by atoms with Crippen molar-refractivity contribution in [1.82, 2.24) is 4.90 Å². The van der Waals surface area contributed by atoms with Gasteiger partial charge < -0.3 is 10.6 Å². The molecule has 0 unspecified atom stereocenters. The fourth-order valence-corrected chi connectivity index (χ4v) is 4.43. The minimum atomic E-state index is -0.605. The van der Waals surface area contributed by atoms with Crippen molar-refractivity contribution >= 4 is 17.4 Å². The topological polar surface area (TPSA) is 63.4 Å². The summed E-state index contributed by atoms with van der Waals surface area (Å²) in [5.41, 5.74) is 13.0. The number of carbonyl (C=O) groups is 2. The number of rotatable bonds is 3. The SMILES string of the molecule is C=CC(=O)N1CCc2cc(-c3c(F)cc(C(N)=O)c4c3C(C)=C(C)C4)ccc2C1. The molecule has 4 rings (SSSR count). The Labute approximate surface area is 169 Å². The predicted octanol–water partition coefficient (Wildman–Crippen LogP) is 4.01. The lowest BCUT2D eigenvalue weighted by Crippen LogP contribution is -2.34. The maximum atomic E-state index is 15.2. The summed E-state index contributed by atoms with van der Waals surface area (Å²) < 4.78 is 15.2. The average Bonchev–Trinajstić information content (AvgIpc) is 3.00. The van der Waals surface area contributed by atoms with Gasteiger partial charge in [0.1, 0.15) is 5.82 Å². The number of allylic oxidation sites excluding steroid dienone is 2. The van der Waals surface area contributed by atoms with Crippen molar-refractivity contribution in [3.05, 3.63) is 76.1 Å². The standard InChI is InChI=1S/C24H23FN2O2/c1-4-21(28)27-8-7-15-10-16(5-6-17(15)12-27)23-20(25)11-19(24(26)29)18-9-13(2)14(3)22(18)23/h4-6,10-11H,1,7-9,12H2,2-3H3,(H2,26,29). The summed E-state index contributed by atoms with van der Waals surface area (Å²) in [5, 5.41) is 0. The van der Waals surface area contributed by atoms with E-state index in [-0.39, 0.29) is 11.5 Å². The number of carbonyl (C=O) groups excluding carboxylic acids is 2. The molecule has 0 radical (unpaired) electrons. The van der Waals surface area contributed by atoms with Crippen LogP contribution in [0.15, 0.2) is 42.5 Å². The summed E-state index contributed by atoms with van der Waals surface area (Å²) in [7, 11) is 0. The zero-order valence-corrected chi connectivity index (χ0v) is 16.6. The molecular weight excluding hydrogens is 367 g/mol. The minimum absolute atomic E-state index is 0.0816. The van der Waals surface area contributed by atoms with Crippen molar-refractivity contribution < 1.29 is 14.0 Å². The number of primary amides is 1. The number of hydrogen-bond acceptors (Lipinski definition) is 2. The van der Waals surface area contributed by atoms with E-state index in [1.54, 1.807) is 4.90 Å². The Balaban J connectivity index is 1.83. The van der Waals surface area contributed by atoms with E-state index >= 15 is 4.39 Å². The van der Waals surface area contributed by atoms with E-state index in [1.165, 1.54) is 12.1 Å². The van der Waals surface area contributed by atoms with Gasteiger partial charge in [0.15, 0.2) is 0 Å². The molecule has 1 heterocycles. The van der Waals surface area contributed by atoms with Gasteiger partial charge in [0, 0.05) is 24.2 Å². The molecule has 0 saturated carbocycles. The van der Waals surface area contributed by atoms with Gasteiger partial charge in [-0.05, 0) is 72.2 Å². The maximum Gasteiger partial charge on any atom is 0.249 e. The van der Waals surface area contributed by atoms with Gasteiger partial charge in [0.25, 0.3) is 0 Å². The highest BCUT2D eigenvalue weighted by molar-refractivity contribution is 6.00. The molecule has 0 bridgehead atoms. The highest BCUT2D eigenvalue weighted by Crippen LogP contribution is 2.43. The zero-order chi connectivity index (χ0) is 20.9. The van der Waals surface area contributed by atoms with Gasteiger partial charge in [-0.15, -0.1) is 0 Å². The van der Waals surface area contributed by atoms with Crippen molar-refractivity contribution in [3.8, 4) is 11.1 Å². The van der Waals surface area contributed by atoms with Gasteiger partial charge in [-0.3, -0.25) is 9.59 Å². The minimum Gasteiger partial charge on any atom is -0.366 e. The van der Waals surface area contributed by atoms with Crippen molar-refractivity contribution in [1.29, 1.82) is 0 Å². The molecule has 0 aromatic heterocycles. The molecule has 2 aromatic rings. The molecule has 2 N–H and O–H groups in total. The van der Waals surface area contributed by atoms with E-state index in [9.17, 15) is 9.59 Å². The lowest BCUT2D eigenvalue weighted by molar-refractivity contribution is -0.126. The van der Waals surface area contributed by atoms with Crippen LogP contribution in [0.3, 0.4) is 0 Å². The highest BCUT2D eigenvalue weighted by atomic mass is 19.1. The van der Waals surface area contributed by atoms with Crippen LogP contribution in [-0.2, 0) is 24.2 Å². The Kier molecular flexibility index (Phi) is 4.61. The monoisotopic (exact) mass is 390 g/mol. The van der Waals surface area contributed by atoms with E-state index in [2.05, 4.69) is 6.58 Å². The first-order valence-electron chi connectivity index (χ1n) is 9.67. The first kappa shape index (κ1) is 19.1. The lowest BCUT2D eigenvalue weighted by atomic mass is 9.88. The van der Waals surface area contributed by atoms with Crippen LogP contribution < -0.4 is 5.73 Å². The molecule has 148 valence electrons. The van der Waals surface area contributed by atoms with Crippen LogP contribution in [0.4, 0.5) is 4.39 Å². The van der Waals surface area contributed by atoms with Gasteiger partial charge in [-0.25, -0.2) is 4.39 Å². The molecule has 4 nitrogen and oxygen atoms in total. The van der Waals surface area contributed by atoms with Crippen LogP contribution in [0.5, 0.6) is 0 Å². The number of benzene rings is 2. The van der Waals surface area contributed by atoms with E-state index in [4.69, 9.17) is 5.73 Å². The van der Waals surface area contributed by atoms with Gasteiger partial charge in [-0.1, -0.05) is 30.4 Å². The van der Waals surface area contributed by atoms with Crippen LogP contribution in [-0.4, -0.2) is 23.3 Å². The van der Waals surface area contributed by atoms with E-state index in [0.717, 1.165) is 39.0 Å². The van der Waals surface area contributed by atoms with Crippen LogP contribution in [0.2, 0.25) is 0 Å². The second kappa shape index (κ2) is 6.99. The molecule has 1 aliphatic carbocycles. The van der Waals surface area contributed by atoms with Crippen LogP contribution in [0.1, 0.15) is 46.5 Å². The molecule has 2 aromatic carbocycles. The number of hydrogen-bond donors (Lipinski definition) is 1. The Morgan fingerprint density at radius 1 is 1.17 bits per heavy atom. The van der Waals surface area contributed by atoms with Gasteiger partial charge in [-0.2, -0.15) is 0 Å². The normalized spacial score (nSPS) is 15.2. The molecule has 5 heteroatoms. The van der Waals surface area contributed by atoms with E-state index in [1.807, 2.05) is 32.0 Å². The maximum absolute atomic E-state index is 15.2. The lowest BCUT2D eigenvalue weighted by Gasteiger charge is -2.28. The summed E-state index contributed by atoms with van der Waals surface area (Å²) in [6, 6.07) is 7.13. The summed E-state index contributed by atoms with van der Waals surface area (Å²) in [6.45, 7) is 8.65. The third-order valence-electron chi connectivity index (χ3n) is 6.10. The van der Waals surface area contributed by atoms with Crippen molar-refractivity contribution in [2.24, 2.45) is 5.73 Å². The number of nitrogens with zero attached hydrogens (tertiary/aromatic N) is 1. The summed E-state index contributed by atoms with van der Waals surface area (Å²) >= 11 is 0. The second-order valence-electron chi connectivity index (χ2n) is 7.78. The summed E-state index contributed by atoms with van der Waals surface area (Å²) in [4.78, 5) is 25.5. The molecule has 0 fully saturated rings. The van der Waals surface area contributed by atoms with E-state index < -0.39 is 11.7 Å². The summed E-state index contributed by atoms with van der Waals surface area (Å²) in [6.07, 6.45) is 2.64. The first-order valence-corrected chi connectivity index (χ1v) is 9.67. The average molecular weight is 390 g/mol. The molecular formula is C24H23FN2O2. The molecule has 0 saturated heterocycles. The number of amides is 2. The Bertz CT molecular complexity index is 1110.